The van der Waals surface area contributed by atoms with Gasteiger partial charge in [-0.3, -0.25) is 0 Å². The van der Waals surface area contributed by atoms with Gasteiger partial charge in [0.15, 0.2) is 5.69 Å². The molecule has 7 heteroatoms. The van der Waals surface area contributed by atoms with Crippen molar-refractivity contribution >= 4 is 0 Å². The lowest BCUT2D eigenvalue weighted by Gasteiger charge is -2.04. The summed E-state index contributed by atoms with van der Waals surface area (Å²) in [7, 11) is 0. The summed E-state index contributed by atoms with van der Waals surface area (Å²) in [6.45, 7) is 0.153. The molecule has 0 spiro atoms. The summed E-state index contributed by atoms with van der Waals surface area (Å²) in [4.78, 5) is 0. The first-order chi connectivity index (χ1) is 8.41. The van der Waals surface area contributed by atoms with E-state index in [0.29, 0.717) is 11.4 Å². The Labute approximate surface area is 99.8 Å². The van der Waals surface area contributed by atoms with Gasteiger partial charge in [-0.2, -0.15) is 18.3 Å². The van der Waals surface area contributed by atoms with Gasteiger partial charge in [-0.25, -0.2) is 9.07 Å². The van der Waals surface area contributed by atoms with Crippen molar-refractivity contribution < 1.29 is 23.3 Å². The molecule has 96 valence electrons. The predicted octanol–water partition coefficient (Wildman–Crippen LogP) is 1.77. The Kier molecular flexibility index (Phi) is 3.08. The van der Waals surface area contributed by atoms with Crippen LogP contribution in [0.1, 0.15) is 11.4 Å². The van der Waals surface area contributed by atoms with E-state index in [0.717, 1.165) is 22.9 Å². The molecule has 2 rings (SSSR count). The number of rotatable bonds is 2. The highest BCUT2D eigenvalue weighted by molar-refractivity contribution is 5.34. The van der Waals surface area contributed by atoms with Crippen molar-refractivity contribution in [2.24, 2.45) is 0 Å². The average molecular weight is 260 g/mol. The molecule has 0 bridgehead atoms. The van der Waals surface area contributed by atoms with E-state index in [1.54, 1.807) is 0 Å². The molecule has 1 aromatic carbocycles. The fourth-order valence-electron chi connectivity index (χ4n) is 1.54. The Morgan fingerprint density at radius 2 is 1.78 bits per heavy atom. The van der Waals surface area contributed by atoms with Crippen LogP contribution in [0.5, 0.6) is 0 Å². The molecule has 1 heterocycles. The molecule has 0 radical (unpaired) electrons. The Morgan fingerprint density at radius 1 is 1.17 bits per heavy atom. The molecule has 0 unspecified atom stereocenters. The molecule has 18 heavy (non-hydrogen) atoms. The van der Waals surface area contributed by atoms with Crippen LogP contribution < -0.4 is 5.73 Å². The minimum Gasteiger partial charge on any atom is -0.353 e. The van der Waals surface area contributed by atoms with E-state index >= 15 is 0 Å². The van der Waals surface area contributed by atoms with Crippen LogP contribution in [0.25, 0.3) is 5.69 Å². The fourth-order valence-corrected chi connectivity index (χ4v) is 1.54. The van der Waals surface area contributed by atoms with E-state index in [1.807, 2.05) is 0 Å². The molecule has 0 saturated carbocycles. The molecule has 3 nitrogen and oxygen atoms in total. The van der Waals surface area contributed by atoms with E-state index in [4.69, 9.17) is 0 Å². The van der Waals surface area contributed by atoms with Crippen molar-refractivity contribution in [3.05, 3.63) is 47.5 Å². The zero-order chi connectivity index (χ0) is 13.3. The average Bonchev–Trinajstić information content (AvgIpc) is 2.73. The number of halogens is 4. The van der Waals surface area contributed by atoms with E-state index in [9.17, 15) is 17.6 Å². The molecule has 0 aliphatic heterocycles. The summed E-state index contributed by atoms with van der Waals surface area (Å²) >= 11 is 0. The number of aromatic nitrogens is 2. The molecular weight excluding hydrogens is 250 g/mol. The monoisotopic (exact) mass is 260 g/mol. The second-order valence-corrected chi connectivity index (χ2v) is 3.66. The summed E-state index contributed by atoms with van der Waals surface area (Å²) in [6, 6.07) is 5.99. The van der Waals surface area contributed by atoms with Crippen LogP contribution >= 0.6 is 0 Å². The first kappa shape index (κ1) is 12.6. The molecule has 0 aliphatic carbocycles. The van der Waals surface area contributed by atoms with Gasteiger partial charge in [0.2, 0.25) is 0 Å². The maximum absolute atomic E-state index is 12.8. The highest BCUT2D eigenvalue weighted by Crippen LogP contribution is 2.29. The molecular formula is C11H10F4N3+. The number of hydrogen-bond donors (Lipinski definition) is 1. The van der Waals surface area contributed by atoms with E-state index in [-0.39, 0.29) is 6.54 Å². The van der Waals surface area contributed by atoms with E-state index in [2.05, 4.69) is 10.8 Å². The Morgan fingerprint density at radius 3 is 2.28 bits per heavy atom. The highest BCUT2D eigenvalue weighted by atomic mass is 19.4. The lowest BCUT2D eigenvalue weighted by Crippen LogP contribution is -2.48. The number of hydrogen-bond acceptors (Lipinski definition) is 1. The lowest BCUT2D eigenvalue weighted by molar-refractivity contribution is -0.387. The topological polar surface area (TPSA) is 45.5 Å². The van der Waals surface area contributed by atoms with Gasteiger partial charge in [-0.05, 0) is 30.3 Å². The summed E-state index contributed by atoms with van der Waals surface area (Å²) in [5.74, 6) is -0.460. The SMILES string of the molecule is [NH3+]Cc1cc(C(F)(F)F)nn1-c1ccc(F)cc1. The highest BCUT2D eigenvalue weighted by Gasteiger charge is 2.35. The smallest absolute Gasteiger partial charge is 0.353 e. The summed E-state index contributed by atoms with van der Waals surface area (Å²) in [5.41, 5.74) is 3.25. The Bertz CT molecular complexity index is 542. The van der Waals surface area contributed by atoms with Gasteiger partial charge in [-0.15, -0.1) is 0 Å². The van der Waals surface area contributed by atoms with Crippen molar-refractivity contribution in [3.63, 3.8) is 0 Å². The second kappa shape index (κ2) is 4.41. The minimum absolute atomic E-state index is 0.153. The number of nitrogens with zero attached hydrogens (tertiary/aromatic N) is 2. The van der Waals surface area contributed by atoms with Crippen LogP contribution in [0.15, 0.2) is 30.3 Å². The van der Waals surface area contributed by atoms with Gasteiger partial charge < -0.3 is 5.73 Å². The van der Waals surface area contributed by atoms with E-state index < -0.39 is 17.7 Å². The van der Waals surface area contributed by atoms with Crippen molar-refractivity contribution in [1.29, 1.82) is 0 Å². The van der Waals surface area contributed by atoms with Crippen molar-refractivity contribution in [1.82, 2.24) is 9.78 Å². The van der Waals surface area contributed by atoms with Gasteiger partial charge in [0, 0.05) is 0 Å². The second-order valence-electron chi connectivity index (χ2n) is 3.66. The zero-order valence-electron chi connectivity index (χ0n) is 9.21. The maximum Gasteiger partial charge on any atom is 0.435 e. The molecule has 0 fully saturated rings. The van der Waals surface area contributed by atoms with Gasteiger partial charge >= 0.3 is 6.18 Å². The van der Waals surface area contributed by atoms with Gasteiger partial charge in [0.1, 0.15) is 12.4 Å². The van der Waals surface area contributed by atoms with Crippen LogP contribution in [0.3, 0.4) is 0 Å². The molecule has 0 aliphatic rings. The van der Waals surface area contributed by atoms with Crippen LogP contribution in [0.4, 0.5) is 17.6 Å². The quantitative estimate of drug-likeness (QED) is 0.822. The fraction of sp³-hybridized carbons (Fsp3) is 0.182. The molecule has 0 atom stereocenters. The first-order valence-corrected chi connectivity index (χ1v) is 5.13. The van der Waals surface area contributed by atoms with Gasteiger partial charge in [0.05, 0.1) is 11.4 Å². The lowest BCUT2D eigenvalue weighted by atomic mass is 10.3. The van der Waals surface area contributed by atoms with Crippen LogP contribution in [-0.2, 0) is 12.7 Å². The molecule has 3 N–H and O–H groups in total. The number of quaternary nitrogens is 1. The van der Waals surface area contributed by atoms with Gasteiger partial charge in [0.25, 0.3) is 0 Å². The molecule has 0 saturated heterocycles. The standard InChI is InChI=1S/C11H9F4N3/c12-7-1-3-8(4-2-7)18-9(6-16)5-10(17-18)11(13,14)15/h1-5H,6,16H2/p+1. The largest absolute Gasteiger partial charge is 0.435 e. The minimum atomic E-state index is -4.50. The van der Waals surface area contributed by atoms with Crippen molar-refractivity contribution in [2.45, 2.75) is 12.7 Å². The van der Waals surface area contributed by atoms with Crippen molar-refractivity contribution in [2.75, 3.05) is 0 Å². The Hall–Kier alpha value is -1.89. The van der Waals surface area contributed by atoms with Crippen LogP contribution in [-0.4, -0.2) is 9.78 Å². The third-order valence-corrected chi connectivity index (χ3v) is 2.40. The predicted molar refractivity (Wildman–Crippen MR) is 55.1 cm³/mol. The first-order valence-electron chi connectivity index (χ1n) is 5.13. The zero-order valence-corrected chi connectivity index (χ0v) is 9.21. The van der Waals surface area contributed by atoms with Crippen LogP contribution in [0.2, 0.25) is 0 Å². The summed E-state index contributed by atoms with van der Waals surface area (Å²) in [6.07, 6.45) is -4.50. The van der Waals surface area contributed by atoms with Crippen LogP contribution in [0, 0.1) is 5.82 Å². The van der Waals surface area contributed by atoms with Gasteiger partial charge in [-0.1, -0.05) is 0 Å². The number of benzene rings is 1. The Balaban J connectivity index is 2.50. The summed E-state index contributed by atoms with van der Waals surface area (Å²) in [5, 5.41) is 3.48. The molecule has 2 aromatic rings. The normalized spacial score (nSPS) is 11.8. The number of alkyl halides is 3. The summed E-state index contributed by atoms with van der Waals surface area (Å²) < 4.78 is 51.5. The molecule has 1 aromatic heterocycles. The third-order valence-electron chi connectivity index (χ3n) is 2.40. The van der Waals surface area contributed by atoms with E-state index in [1.165, 1.54) is 12.1 Å². The molecule has 0 amide bonds. The maximum atomic E-state index is 12.8. The van der Waals surface area contributed by atoms with Crippen molar-refractivity contribution in [3.8, 4) is 5.69 Å². The third kappa shape index (κ3) is 2.35.